The maximum absolute atomic E-state index is 5.82. The van der Waals surface area contributed by atoms with Crippen LogP contribution in [0.5, 0.6) is 5.75 Å². The second-order valence-corrected chi connectivity index (χ2v) is 4.83. The molecule has 0 spiro atoms. The fourth-order valence-corrected chi connectivity index (χ4v) is 1.68. The van der Waals surface area contributed by atoms with E-state index in [1.165, 1.54) is 11.1 Å². The van der Waals surface area contributed by atoms with Gasteiger partial charge in [-0.05, 0) is 13.0 Å². The first-order valence-electron chi connectivity index (χ1n) is 6.04. The van der Waals surface area contributed by atoms with E-state index in [0.29, 0.717) is 11.6 Å². The highest BCUT2D eigenvalue weighted by atomic mass is 35.5. The molecule has 1 aromatic carbocycles. The van der Waals surface area contributed by atoms with Crippen LogP contribution in [0.4, 0.5) is 0 Å². The van der Waals surface area contributed by atoms with Gasteiger partial charge in [0.05, 0.1) is 11.6 Å². The van der Waals surface area contributed by atoms with Crippen molar-refractivity contribution in [2.75, 3.05) is 26.9 Å². The van der Waals surface area contributed by atoms with Gasteiger partial charge in [-0.2, -0.15) is 0 Å². The van der Waals surface area contributed by atoms with Crippen LogP contribution >= 0.6 is 23.2 Å². The van der Waals surface area contributed by atoms with Gasteiger partial charge in [-0.3, -0.25) is 0 Å². The number of ether oxygens (including phenoxy) is 2. The lowest BCUT2D eigenvalue weighted by molar-refractivity contribution is 0.199. The molecule has 0 aliphatic rings. The quantitative estimate of drug-likeness (QED) is 0.746. The number of aryl methyl sites for hydroxylation is 1. The third-order valence-electron chi connectivity index (χ3n) is 2.50. The van der Waals surface area contributed by atoms with E-state index in [0.717, 1.165) is 24.4 Å². The van der Waals surface area contributed by atoms with Crippen molar-refractivity contribution >= 4 is 23.2 Å². The van der Waals surface area contributed by atoms with Crippen molar-refractivity contribution in [2.45, 2.75) is 13.5 Å². The Morgan fingerprint density at radius 3 is 2.89 bits per heavy atom. The molecule has 1 N–H and O–H groups in total. The van der Waals surface area contributed by atoms with Crippen molar-refractivity contribution < 1.29 is 9.47 Å². The van der Waals surface area contributed by atoms with Crippen LogP contribution < -0.4 is 10.1 Å². The smallest absolute Gasteiger partial charge is 0.125 e. The third kappa shape index (κ3) is 6.30. The van der Waals surface area contributed by atoms with Crippen molar-refractivity contribution in [1.82, 2.24) is 5.32 Å². The van der Waals surface area contributed by atoms with Gasteiger partial charge < -0.3 is 14.8 Å². The molecule has 0 fully saturated rings. The number of hydrogen-bond acceptors (Lipinski definition) is 3. The largest absolute Gasteiger partial charge is 0.488 e. The van der Waals surface area contributed by atoms with E-state index < -0.39 is 0 Å². The Labute approximate surface area is 124 Å². The molecule has 0 bridgehead atoms. The molecule has 0 heterocycles. The van der Waals surface area contributed by atoms with E-state index >= 15 is 0 Å². The molecule has 0 unspecified atom stereocenters. The zero-order valence-electron chi connectivity index (χ0n) is 11.2. The Hall–Kier alpha value is -0.740. The molecule has 1 rings (SSSR count). The third-order valence-corrected chi connectivity index (χ3v) is 3.09. The van der Waals surface area contributed by atoms with Gasteiger partial charge in [0.2, 0.25) is 0 Å². The van der Waals surface area contributed by atoms with Gasteiger partial charge >= 0.3 is 0 Å². The van der Waals surface area contributed by atoms with E-state index in [-0.39, 0.29) is 6.61 Å². The van der Waals surface area contributed by atoms with Crippen molar-refractivity contribution in [3.63, 3.8) is 0 Å². The maximum Gasteiger partial charge on any atom is 0.125 e. The highest BCUT2D eigenvalue weighted by molar-refractivity contribution is 6.36. The van der Waals surface area contributed by atoms with E-state index in [2.05, 4.69) is 11.4 Å². The van der Waals surface area contributed by atoms with E-state index in [1.54, 1.807) is 7.11 Å². The van der Waals surface area contributed by atoms with Crippen LogP contribution in [0.2, 0.25) is 0 Å². The zero-order valence-corrected chi connectivity index (χ0v) is 12.7. The number of benzene rings is 1. The van der Waals surface area contributed by atoms with Crippen LogP contribution in [-0.2, 0) is 11.3 Å². The standard InChI is InChI=1S/C14H19Cl2NO2/c1-11-3-4-14(19-10-13(16)8-15)12(7-11)9-17-5-6-18-2/h3-4,7-8,17H,5-6,9-10H2,1-2H3. The first kappa shape index (κ1) is 16.3. The Morgan fingerprint density at radius 1 is 1.42 bits per heavy atom. The summed E-state index contributed by atoms with van der Waals surface area (Å²) < 4.78 is 10.6. The highest BCUT2D eigenvalue weighted by Crippen LogP contribution is 2.21. The number of rotatable bonds is 8. The molecule has 0 atom stereocenters. The average Bonchev–Trinajstić information content (AvgIpc) is 2.42. The minimum absolute atomic E-state index is 0.277. The number of halogens is 2. The van der Waals surface area contributed by atoms with Gasteiger partial charge in [-0.1, -0.05) is 40.9 Å². The predicted molar refractivity (Wildman–Crippen MR) is 80.0 cm³/mol. The van der Waals surface area contributed by atoms with Crippen LogP contribution in [0.25, 0.3) is 0 Å². The summed E-state index contributed by atoms with van der Waals surface area (Å²) >= 11 is 11.3. The molecule has 19 heavy (non-hydrogen) atoms. The molecular weight excluding hydrogens is 285 g/mol. The summed E-state index contributed by atoms with van der Waals surface area (Å²) in [4.78, 5) is 0. The van der Waals surface area contributed by atoms with Crippen LogP contribution in [-0.4, -0.2) is 26.9 Å². The minimum atomic E-state index is 0.277. The van der Waals surface area contributed by atoms with Crippen LogP contribution in [0.3, 0.4) is 0 Å². The number of hydrogen-bond donors (Lipinski definition) is 1. The molecule has 0 saturated heterocycles. The summed E-state index contributed by atoms with van der Waals surface area (Å²) in [6, 6.07) is 6.04. The molecule has 0 saturated carbocycles. The van der Waals surface area contributed by atoms with Gasteiger partial charge in [-0.15, -0.1) is 0 Å². The fraction of sp³-hybridized carbons (Fsp3) is 0.429. The van der Waals surface area contributed by atoms with Gasteiger partial charge in [0.15, 0.2) is 0 Å². The van der Waals surface area contributed by atoms with Gasteiger partial charge in [-0.25, -0.2) is 0 Å². The first-order valence-corrected chi connectivity index (χ1v) is 6.85. The van der Waals surface area contributed by atoms with Crippen molar-refractivity contribution in [1.29, 1.82) is 0 Å². The van der Waals surface area contributed by atoms with Crippen LogP contribution in [0.15, 0.2) is 28.8 Å². The van der Waals surface area contributed by atoms with Gasteiger partial charge in [0, 0.05) is 31.3 Å². The molecule has 106 valence electrons. The molecule has 0 aromatic heterocycles. The Balaban J connectivity index is 2.63. The van der Waals surface area contributed by atoms with Crippen LogP contribution in [0.1, 0.15) is 11.1 Å². The molecule has 5 heteroatoms. The van der Waals surface area contributed by atoms with Crippen molar-refractivity contribution in [3.8, 4) is 5.75 Å². The van der Waals surface area contributed by atoms with E-state index in [4.69, 9.17) is 32.7 Å². The molecule has 0 aliphatic heterocycles. The molecule has 0 radical (unpaired) electrons. The number of nitrogens with one attached hydrogen (secondary N) is 1. The topological polar surface area (TPSA) is 30.5 Å². The fourth-order valence-electron chi connectivity index (χ4n) is 1.56. The molecule has 0 amide bonds. The Kier molecular flexibility index (Phi) is 7.91. The average molecular weight is 304 g/mol. The predicted octanol–water partition coefficient (Wildman–Crippen LogP) is 3.43. The molecule has 1 aromatic rings. The Morgan fingerprint density at radius 2 is 2.21 bits per heavy atom. The summed E-state index contributed by atoms with van der Waals surface area (Å²) in [5, 5.41) is 3.77. The lowest BCUT2D eigenvalue weighted by atomic mass is 10.1. The zero-order chi connectivity index (χ0) is 14.1. The summed E-state index contributed by atoms with van der Waals surface area (Å²) in [6.07, 6.45) is 0. The van der Waals surface area contributed by atoms with Crippen molar-refractivity contribution in [3.05, 3.63) is 39.9 Å². The second kappa shape index (κ2) is 9.21. The number of methoxy groups -OCH3 is 1. The van der Waals surface area contributed by atoms with Crippen molar-refractivity contribution in [2.24, 2.45) is 0 Å². The van der Waals surface area contributed by atoms with Gasteiger partial charge in [0.1, 0.15) is 12.4 Å². The monoisotopic (exact) mass is 303 g/mol. The highest BCUT2D eigenvalue weighted by Gasteiger charge is 2.05. The molecular formula is C14H19Cl2NO2. The summed E-state index contributed by atoms with van der Waals surface area (Å²) in [6.45, 7) is 4.53. The summed E-state index contributed by atoms with van der Waals surface area (Å²) in [7, 11) is 1.68. The van der Waals surface area contributed by atoms with E-state index in [9.17, 15) is 0 Å². The summed E-state index contributed by atoms with van der Waals surface area (Å²) in [5.41, 5.74) is 3.59. The lowest BCUT2D eigenvalue weighted by Gasteiger charge is -2.12. The Bertz CT molecular complexity index is 422. The maximum atomic E-state index is 5.82. The normalized spacial score (nSPS) is 11.7. The molecule has 0 aliphatic carbocycles. The first-order chi connectivity index (χ1) is 9.17. The molecule has 3 nitrogen and oxygen atoms in total. The SMILES string of the molecule is COCCNCc1cc(C)ccc1OCC(Cl)=CCl. The second-order valence-electron chi connectivity index (χ2n) is 4.13. The lowest BCUT2D eigenvalue weighted by Crippen LogP contribution is -2.19. The van der Waals surface area contributed by atoms with Crippen LogP contribution in [0, 0.1) is 6.92 Å². The summed E-state index contributed by atoms with van der Waals surface area (Å²) in [5.74, 6) is 0.812. The van der Waals surface area contributed by atoms with E-state index in [1.807, 2.05) is 19.1 Å². The van der Waals surface area contributed by atoms with Gasteiger partial charge in [0.25, 0.3) is 0 Å². The minimum Gasteiger partial charge on any atom is -0.488 e.